The van der Waals surface area contributed by atoms with E-state index in [1.54, 1.807) is 6.20 Å². The van der Waals surface area contributed by atoms with Gasteiger partial charge in [0.25, 0.3) is 6.02 Å². The zero-order valence-corrected chi connectivity index (χ0v) is 19.4. The molecule has 8 heteroatoms. The first-order chi connectivity index (χ1) is 14.7. The molecule has 1 aromatic heterocycles. The zero-order valence-electron chi connectivity index (χ0n) is 18.6. The molecule has 2 heterocycles. The molecule has 1 unspecified atom stereocenters. The standard InChI is InChI=1S/C23H28B2ClN3O2/c1-13-9-21(6-5-19(13)30-2)10-15-4-3-14(16-7-17(26)12-28-11-16)8-18(15)22(21)23(24,25)31-20(27)29-22/h3-4,7-8,11-13,19H,5-6,9-10,24-25H2,1-2H3,(H2,27,29)/t13-,19-,21-,22?/m1/s1. The largest absolute Gasteiger partial charge is 0.475 e. The number of halogens is 1. The van der Waals surface area contributed by atoms with Crippen molar-refractivity contribution >= 4 is 33.3 Å². The van der Waals surface area contributed by atoms with E-state index in [9.17, 15) is 0 Å². The van der Waals surface area contributed by atoms with Gasteiger partial charge >= 0.3 is 0 Å². The van der Waals surface area contributed by atoms with Crippen LogP contribution in [-0.2, 0) is 21.4 Å². The van der Waals surface area contributed by atoms with Gasteiger partial charge in [0, 0.05) is 30.5 Å². The number of ether oxygens (including phenoxy) is 2. The SMILES string of the molecule is BC1(B)OC(N)=NC12c1cc(-c3cncc(Cl)c3)ccc1C[C@]21CC[C@@H](OC)[C@H](C)C1. The molecule has 1 saturated carbocycles. The monoisotopic (exact) mass is 435 g/mol. The van der Waals surface area contributed by atoms with E-state index in [-0.39, 0.29) is 17.5 Å². The van der Waals surface area contributed by atoms with Crippen molar-refractivity contribution < 1.29 is 9.47 Å². The molecule has 0 bridgehead atoms. The maximum Gasteiger partial charge on any atom is 0.282 e. The van der Waals surface area contributed by atoms with Crippen LogP contribution in [0.2, 0.25) is 5.02 Å². The smallest absolute Gasteiger partial charge is 0.282 e. The summed E-state index contributed by atoms with van der Waals surface area (Å²) in [5.41, 5.74) is 10.3. The second kappa shape index (κ2) is 7.01. The van der Waals surface area contributed by atoms with Crippen LogP contribution in [0.25, 0.3) is 11.1 Å². The second-order valence-corrected chi connectivity index (χ2v) is 10.4. The Hall–Kier alpha value is -1.98. The summed E-state index contributed by atoms with van der Waals surface area (Å²) < 4.78 is 12.0. The minimum Gasteiger partial charge on any atom is -0.475 e. The van der Waals surface area contributed by atoms with Crippen molar-refractivity contribution in [1.82, 2.24) is 4.98 Å². The number of pyridine rings is 1. The van der Waals surface area contributed by atoms with Crippen LogP contribution in [0.3, 0.4) is 0 Å². The lowest BCUT2D eigenvalue weighted by molar-refractivity contribution is -0.0559. The molecule has 1 aliphatic heterocycles. The van der Waals surface area contributed by atoms with Gasteiger partial charge in [-0.25, -0.2) is 4.99 Å². The van der Waals surface area contributed by atoms with E-state index in [4.69, 9.17) is 31.8 Å². The van der Waals surface area contributed by atoms with Gasteiger partial charge in [-0.05, 0) is 60.4 Å². The first kappa shape index (κ1) is 20.9. The molecule has 0 amide bonds. The molecule has 160 valence electrons. The van der Waals surface area contributed by atoms with Crippen molar-refractivity contribution in [2.45, 2.75) is 49.6 Å². The number of aliphatic imine (C=N–C) groups is 1. The average Bonchev–Trinajstić information content (AvgIpc) is 3.12. The van der Waals surface area contributed by atoms with Crippen molar-refractivity contribution in [2.24, 2.45) is 22.1 Å². The fourth-order valence-electron chi connectivity index (χ4n) is 6.79. The maximum absolute atomic E-state index is 6.24. The highest BCUT2D eigenvalue weighted by molar-refractivity contribution is 6.41. The van der Waals surface area contributed by atoms with Gasteiger partial charge in [0.15, 0.2) is 15.7 Å². The van der Waals surface area contributed by atoms with E-state index in [2.05, 4.69) is 45.8 Å². The summed E-state index contributed by atoms with van der Waals surface area (Å²) >= 11 is 6.22. The summed E-state index contributed by atoms with van der Waals surface area (Å²) in [4.78, 5) is 9.39. The molecule has 5 rings (SSSR count). The third-order valence-corrected chi connectivity index (χ3v) is 8.11. The van der Waals surface area contributed by atoms with Gasteiger partial charge < -0.3 is 15.2 Å². The fraction of sp³-hybridized carbons (Fsp3) is 0.478. The number of nitrogens with zero attached hydrogens (tertiary/aromatic N) is 2. The van der Waals surface area contributed by atoms with Crippen LogP contribution in [0.5, 0.6) is 0 Å². The molecule has 2 aliphatic carbocycles. The number of amidine groups is 1. The molecular weight excluding hydrogens is 407 g/mol. The number of nitrogens with two attached hydrogens (primary N) is 1. The molecular formula is C23H28B2ClN3O2. The Morgan fingerprint density at radius 2 is 2.03 bits per heavy atom. The molecule has 2 N–H and O–H groups in total. The lowest BCUT2D eigenvalue weighted by atomic mass is 9.44. The molecule has 2 aromatic rings. The third kappa shape index (κ3) is 2.89. The summed E-state index contributed by atoms with van der Waals surface area (Å²) in [7, 11) is 6.09. The highest BCUT2D eigenvalue weighted by Gasteiger charge is 2.68. The van der Waals surface area contributed by atoms with E-state index in [1.807, 2.05) is 19.4 Å². The second-order valence-electron chi connectivity index (χ2n) is 9.99. The van der Waals surface area contributed by atoms with Crippen LogP contribution in [-0.4, -0.2) is 45.3 Å². The van der Waals surface area contributed by atoms with Gasteiger partial charge in [0.1, 0.15) is 5.54 Å². The van der Waals surface area contributed by atoms with E-state index in [0.717, 1.165) is 36.8 Å². The van der Waals surface area contributed by atoms with Crippen molar-refractivity contribution in [3.05, 3.63) is 52.8 Å². The summed E-state index contributed by atoms with van der Waals surface area (Å²) in [6, 6.07) is 8.91. The number of methoxy groups -OCH3 is 1. The Labute approximate surface area is 190 Å². The first-order valence-electron chi connectivity index (χ1n) is 11.0. The molecule has 31 heavy (non-hydrogen) atoms. The molecule has 1 fully saturated rings. The third-order valence-electron chi connectivity index (χ3n) is 7.90. The fourth-order valence-corrected chi connectivity index (χ4v) is 6.96. The Kier molecular flexibility index (Phi) is 4.73. The van der Waals surface area contributed by atoms with E-state index < -0.39 is 10.9 Å². The maximum atomic E-state index is 6.24. The quantitative estimate of drug-likeness (QED) is 0.735. The molecule has 0 radical (unpaired) electrons. The lowest BCUT2D eigenvalue weighted by Gasteiger charge is -2.53. The number of benzene rings is 1. The van der Waals surface area contributed by atoms with E-state index in [1.165, 1.54) is 11.1 Å². The lowest BCUT2D eigenvalue weighted by Crippen LogP contribution is -2.60. The highest BCUT2D eigenvalue weighted by atomic mass is 35.5. The van der Waals surface area contributed by atoms with Crippen molar-refractivity contribution in [3.63, 3.8) is 0 Å². The summed E-state index contributed by atoms with van der Waals surface area (Å²) in [5.74, 6) is 0.439. The Morgan fingerprint density at radius 1 is 1.23 bits per heavy atom. The van der Waals surface area contributed by atoms with E-state index in [0.29, 0.717) is 10.9 Å². The number of hydrogen-bond acceptors (Lipinski definition) is 5. The van der Waals surface area contributed by atoms with Gasteiger partial charge in [-0.1, -0.05) is 30.7 Å². The van der Waals surface area contributed by atoms with Crippen LogP contribution in [0.15, 0.2) is 41.7 Å². The predicted octanol–water partition coefficient (Wildman–Crippen LogP) is 2.24. The topological polar surface area (TPSA) is 69.7 Å². The number of fused-ring (bicyclic) bond motifs is 3. The van der Waals surface area contributed by atoms with Gasteiger partial charge in [-0.3, -0.25) is 4.98 Å². The first-order valence-corrected chi connectivity index (χ1v) is 11.4. The Morgan fingerprint density at radius 3 is 2.68 bits per heavy atom. The number of rotatable bonds is 2. The van der Waals surface area contributed by atoms with Crippen LogP contribution in [0.4, 0.5) is 0 Å². The normalized spacial score (nSPS) is 33.3. The number of hydrogen-bond donors (Lipinski definition) is 1. The number of aromatic nitrogens is 1. The molecule has 5 nitrogen and oxygen atoms in total. The Bertz CT molecular complexity index is 1080. The molecule has 2 spiro atoms. The van der Waals surface area contributed by atoms with Crippen LogP contribution in [0, 0.1) is 11.3 Å². The average molecular weight is 436 g/mol. The Balaban J connectivity index is 1.70. The van der Waals surface area contributed by atoms with Crippen LogP contribution in [0.1, 0.15) is 37.3 Å². The van der Waals surface area contributed by atoms with Crippen molar-refractivity contribution in [3.8, 4) is 11.1 Å². The zero-order chi connectivity index (χ0) is 22.0. The van der Waals surface area contributed by atoms with Gasteiger partial charge in [0.05, 0.1) is 16.5 Å². The summed E-state index contributed by atoms with van der Waals surface area (Å²) in [5, 5.41) is 0.0790. The van der Waals surface area contributed by atoms with Gasteiger partial charge in [-0.2, -0.15) is 0 Å². The molecule has 4 atom stereocenters. The summed E-state index contributed by atoms with van der Waals surface area (Å²) in [6.07, 6.45) is 7.84. The predicted molar refractivity (Wildman–Crippen MR) is 129 cm³/mol. The van der Waals surface area contributed by atoms with Crippen LogP contribution < -0.4 is 5.73 Å². The van der Waals surface area contributed by atoms with E-state index >= 15 is 0 Å². The highest BCUT2D eigenvalue weighted by Crippen LogP contribution is 2.65. The minimum absolute atomic E-state index is 0.0559. The van der Waals surface area contributed by atoms with Gasteiger partial charge in [-0.15, -0.1) is 0 Å². The van der Waals surface area contributed by atoms with Crippen molar-refractivity contribution in [1.29, 1.82) is 0 Å². The van der Waals surface area contributed by atoms with Crippen LogP contribution >= 0.6 is 11.6 Å². The summed E-state index contributed by atoms with van der Waals surface area (Å²) in [6.45, 7) is 2.30. The van der Waals surface area contributed by atoms with Gasteiger partial charge in [0.2, 0.25) is 0 Å². The van der Waals surface area contributed by atoms with Crippen molar-refractivity contribution in [2.75, 3.05) is 7.11 Å². The molecule has 1 aromatic carbocycles. The minimum atomic E-state index is -0.548. The molecule has 3 aliphatic rings. The molecule has 0 saturated heterocycles.